The van der Waals surface area contributed by atoms with Gasteiger partial charge in [-0.25, -0.2) is 4.90 Å². The molecule has 0 saturated carbocycles. The number of nitro benzene ring substituents is 1. The van der Waals surface area contributed by atoms with Gasteiger partial charge < -0.3 is 15.0 Å². The van der Waals surface area contributed by atoms with Crippen LogP contribution in [-0.4, -0.2) is 40.7 Å². The van der Waals surface area contributed by atoms with Crippen LogP contribution < -0.4 is 15.0 Å². The standard InChI is InChI=1S/C29H21F3N4O6/c1-42-21-10-9-18(36(40)41)14-20(21)35-27(38)22-23(28(35)39)25(34-12-11-15-5-2-3-8-19(15)24(22)34)26(37)33-17-7-4-6-16(13-17)29(30,31)32/h2-14,22-25H,1H3,(H,33,37)/t22-,23+,24+,25+/m0/s1. The largest absolute Gasteiger partial charge is 0.495 e. The third-order valence-electron chi connectivity index (χ3n) is 7.80. The van der Waals surface area contributed by atoms with Gasteiger partial charge in [0.25, 0.3) is 5.69 Å². The van der Waals surface area contributed by atoms with Crippen molar-refractivity contribution in [3.63, 3.8) is 0 Å². The number of anilines is 2. The molecule has 4 atom stereocenters. The Balaban J connectivity index is 1.44. The molecule has 0 radical (unpaired) electrons. The SMILES string of the molecule is COc1ccc([N+](=O)[O-])cc1N1C(=O)[C@@H]2[C@H](C1=O)[C@H]1c3ccccc3C=CN1[C@H]2C(=O)Nc1cccc(C(F)(F)F)c1. The zero-order valence-electron chi connectivity index (χ0n) is 21.7. The van der Waals surface area contributed by atoms with Gasteiger partial charge in [-0.15, -0.1) is 0 Å². The number of nitrogens with zero attached hydrogens (tertiary/aromatic N) is 3. The second-order valence-corrected chi connectivity index (χ2v) is 10.0. The topological polar surface area (TPSA) is 122 Å². The number of imide groups is 1. The van der Waals surface area contributed by atoms with Crippen molar-refractivity contribution in [1.29, 1.82) is 0 Å². The first-order chi connectivity index (χ1) is 20.0. The molecule has 1 N–H and O–H groups in total. The molecule has 3 aromatic rings. The quantitative estimate of drug-likeness (QED) is 0.263. The Labute approximate surface area is 236 Å². The molecular weight excluding hydrogens is 557 g/mol. The number of benzene rings is 3. The van der Waals surface area contributed by atoms with Crippen LogP contribution in [0.25, 0.3) is 6.08 Å². The van der Waals surface area contributed by atoms with Gasteiger partial charge in [-0.05, 0) is 41.5 Å². The van der Waals surface area contributed by atoms with Gasteiger partial charge in [0.2, 0.25) is 17.7 Å². The lowest BCUT2D eigenvalue weighted by atomic mass is 9.84. The molecule has 6 rings (SSSR count). The first-order valence-corrected chi connectivity index (χ1v) is 12.7. The predicted octanol–water partition coefficient (Wildman–Crippen LogP) is 4.78. The zero-order chi connectivity index (χ0) is 29.9. The number of ether oxygens (including phenoxy) is 1. The van der Waals surface area contributed by atoms with Gasteiger partial charge in [-0.3, -0.25) is 24.5 Å². The summed E-state index contributed by atoms with van der Waals surface area (Å²) < 4.78 is 45.2. The summed E-state index contributed by atoms with van der Waals surface area (Å²) in [5.74, 6) is -4.55. The summed E-state index contributed by atoms with van der Waals surface area (Å²) in [6.45, 7) is 0. The van der Waals surface area contributed by atoms with E-state index in [1.165, 1.54) is 25.3 Å². The number of methoxy groups -OCH3 is 1. The third kappa shape index (κ3) is 4.16. The lowest BCUT2D eigenvalue weighted by molar-refractivity contribution is -0.384. The summed E-state index contributed by atoms with van der Waals surface area (Å²) in [7, 11) is 1.28. The first kappa shape index (κ1) is 27.0. The number of nitrogens with one attached hydrogen (secondary N) is 1. The number of hydrogen-bond acceptors (Lipinski definition) is 7. The molecule has 0 spiro atoms. The average Bonchev–Trinajstić information content (AvgIpc) is 3.44. The summed E-state index contributed by atoms with van der Waals surface area (Å²) in [5, 5.41) is 14.0. The minimum Gasteiger partial charge on any atom is -0.495 e. The number of non-ortho nitro benzene ring substituents is 1. The maximum Gasteiger partial charge on any atom is 0.416 e. The van der Waals surface area contributed by atoms with Gasteiger partial charge in [-0.2, -0.15) is 13.2 Å². The highest BCUT2D eigenvalue weighted by molar-refractivity contribution is 6.25. The number of rotatable bonds is 5. The van der Waals surface area contributed by atoms with Gasteiger partial charge in [0, 0.05) is 24.0 Å². The molecule has 10 nitrogen and oxygen atoms in total. The number of nitro groups is 1. The van der Waals surface area contributed by atoms with Crippen LogP contribution in [0.5, 0.6) is 5.75 Å². The van der Waals surface area contributed by atoms with Crippen molar-refractivity contribution in [2.75, 3.05) is 17.3 Å². The molecule has 3 amide bonds. The molecule has 3 aliphatic rings. The van der Waals surface area contributed by atoms with Gasteiger partial charge in [0.1, 0.15) is 17.5 Å². The van der Waals surface area contributed by atoms with E-state index in [1.807, 2.05) is 6.07 Å². The molecule has 0 aromatic heterocycles. The number of carbonyl (C=O) groups excluding carboxylic acids is 3. The Bertz CT molecular complexity index is 1690. The fourth-order valence-corrected chi connectivity index (χ4v) is 6.05. The average molecular weight is 579 g/mol. The number of carbonyl (C=O) groups is 3. The molecule has 42 heavy (non-hydrogen) atoms. The Morgan fingerprint density at radius 3 is 2.45 bits per heavy atom. The van der Waals surface area contributed by atoms with Crippen LogP contribution in [-0.2, 0) is 20.6 Å². The van der Waals surface area contributed by atoms with E-state index < -0.39 is 58.3 Å². The Hall–Kier alpha value is -5.20. The summed E-state index contributed by atoms with van der Waals surface area (Å²) >= 11 is 0. The molecule has 3 heterocycles. The molecule has 3 aromatic carbocycles. The second-order valence-electron chi connectivity index (χ2n) is 10.0. The van der Waals surface area contributed by atoms with E-state index in [4.69, 9.17) is 4.74 Å². The van der Waals surface area contributed by atoms with Crippen molar-refractivity contribution in [3.8, 4) is 5.75 Å². The van der Waals surface area contributed by atoms with Crippen LogP contribution in [0.15, 0.2) is 72.9 Å². The summed E-state index contributed by atoms with van der Waals surface area (Å²) in [6, 6.07) is 12.7. The van der Waals surface area contributed by atoms with Crippen LogP contribution in [0.4, 0.5) is 30.2 Å². The molecule has 3 aliphatic heterocycles. The maximum absolute atomic E-state index is 14.1. The number of amides is 3. The van der Waals surface area contributed by atoms with Crippen LogP contribution in [0, 0.1) is 22.0 Å². The Morgan fingerprint density at radius 1 is 1.00 bits per heavy atom. The molecule has 0 aliphatic carbocycles. The van der Waals surface area contributed by atoms with Gasteiger partial charge >= 0.3 is 6.18 Å². The van der Waals surface area contributed by atoms with E-state index in [-0.39, 0.29) is 22.8 Å². The van der Waals surface area contributed by atoms with E-state index >= 15 is 0 Å². The Morgan fingerprint density at radius 2 is 1.74 bits per heavy atom. The minimum atomic E-state index is -4.64. The van der Waals surface area contributed by atoms with Gasteiger partial charge in [0.15, 0.2) is 0 Å². The third-order valence-corrected chi connectivity index (χ3v) is 7.80. The molecule has 2 saturated heterocycles. The molecule has 0 unspecified atom stereocenters. The van der Waals surface area contributed by atoms with Crippen molar-refractivity contribution in [1.82, 2.24) is 4.90 Å². The highest BCUT2D eigenvalue weighted by atomic mass is 19.4. The van der Waals surface area contributed by atoms with E-state index in [0.29, 0.717) is 5.56 Å². The molecular formula is C29H21F3N4O6. The normalized spacial score (nSPS) is 22.5. The molecule has 13 heteroatoms. The summed E-state index contributed by atoms with van der Waals surface area (Å²) in [6.07, 6.45) is -1.32. The number of fused-ring (bicyclic) bond motifs is 5. The van der Waals surface area contributed by atoms with Crippen molar-refractivity contribution in [2.24, 2.45) is 11.8 Å². The molecule has 2 fully saturated rings. The van der Waals surface area contributed by atoms with E-state index in [0.717, 1.165) is 34.7 Å². The highest BCUT2D eigenvalue weighted by Gasteiger charge is 2.65. The first-order valence-electron chi connectivity index (χ1n) is 12.7. The van der Waals surface area contributed by atoms with Crippen molar-refractivity contribution >= 4 is 40.9 Å². The van der Waals surface area contributed by atoms with Crippen LogP contribution in [0.3, 0.4) is 0 Å². The van der Waals surface area contributed by atoms with E-state index in [9.17, 15) is 37.7 Å². The van der Waals surface area contributed by atoms with Crippen molar-refractivity contribution in [3.05, 3.63) is 99.7 Å². The fourth-order valence-electron chi connectivity index (χ4n) is 6.05. The zero-order valence-corrected chi connectivity index (χ0v) is 21.7. The predicted molar refractivity (Wildman–Crippen MR) is 143 cm³/mol. The second kappa shape index (κ2) is 9.72. The van der Waals surface area contributed by atoms with Crippen LogP contribution in [0.2, 0.25) is 0 Å². The van der Waals surface area contributed by atoms with Crippen LogP contribution in [0.1, 0.15) is 22.7 Å². The highest BCUT2D eigenvalue weighted by Crippen LogP contribution is 2.54. The maximum atomic E-state index is 14.1. The number of halogens is 3. The fraction of sp³-hybridized carbons (Fsp3) is 0.207. The van der Waals surface area contributed by atoms with Crippen molar-refractivity contribution in [2.45, 2.75) is 18.3 Å². The number of hydrogen-bond donors (Lipinski definition) is 1. The smallest absolute Gasteiger partial charge is 0.416 e. The minimum absolute atomic E-state index is 0.0352. The lowest BCUT2D eigenvalue weighted by Crippen LogP contribution is -2.46. The van der Waals surface area contributed by atoms with E-state index in [2.05, 4.69) is 5.32 Å². The van der Waals surface area contributed by atoms with Crippen LogP contribution >= 0.6 is 0 Å². The monoisotopic (exact) mass is 578 g/mol. The van der Waals surface area contributed by atoms with Gasteiger partial charge in [-0.1, -0.05) is 30.3 Å². The number of alkyl halides is 3. The molecule has 0 bridgehead atoms. The van der Waals surface area contributed by atoms with Gasteiger partial charge in [0.05, 0.1) is 35.5 Å². The van der Waals surface area contributed by atoms with Crippen molar-refractivity contribution < 1.29 is 37.2 Å². The molecule has 214 valence electrons. The summed E-state index contributed by atoms with van der Waals surface area (Å²) in [4.78, 5) is 55.1. The van der Waals surface area contributed by atoms with E-state index in [1.54, 1.807) is 35.4 Å². The Kier molecular flexibility index (Phi) is 6.24. The lowest BCUT2D eigenvalue weighted by Gasteiger charge is -2.35. The summed E-state index contributed by atoms with van der Waals surface area (Å²) in [5.41, 5.74) is -0.175.